The standard InChI is InChI=1S/C19H28ClN3O2/c1-22(14-16-7-9-17(20)10-8-16)15-18(24)21-11-5-13-23-12-4-2-3-6-19(23)25/h7-10H,2-6,11-15H2,1H3,(H,21,24). The number of carbonyl (C=O) groups excluding carboxylic acids is 2. The minimum Gasteiger partial charge on any atom is -0.355 e. The number of hydrogen-bond acceptors (Lipinski definition) is 3. The van der Waals surface area contributed by atoms with E-state index in [1.54, 1.807) is 0 Å². The molecule has 0 atom stereocenters. The molecule has 0 aromatic heterocycles. The van der Waals surface area contributed by atoms with E-state index in [1.807, 2.05) is 41.1 Å². The zero-order valence-corrected chi connectivity index (χ0v) is 15.7. The predicted octanol–water partition coefficient (Wildman–Crippen LogP) is 2.68. The van der Waals surface area contributed by atoms with E-state index >= 15 is 0 Å². The molecule has 138 valence electrons. The van der Waals surface area contributed by atoms with Crippen LogP contribution >= 0.6 is 11.6 Å². The van der Waals surface area contributed by atoms with Crippen LogP contribution in [0.2, 0.25) is 5.02 Å². The van der Waals surface area contributed by atoms with Crippen LogP contribution in [0, 0.1) is 0 Å². The maximum atomic E-state index is 12.0. The molecule has 25 heavy (non-hydrogen) atoms. The van der Waals surface area contributed by atoms with Gasteiger partial charge >= 0.3 is 0 Å². The molecule has 1 aromatic rings. The highest BCUT2D eigenvalue weighted by atomic mass is 35.5. The van der Waals surface area contributed by atoms with E-state index in [0.717, 1.165) is 44.3 Å². The summed E-state index contributed by atoms with van der Waals surface area (Å²) in [5, 5.41) is 3.65. The van der Waals surface area contributed by atoms with E-state index in [9.17, 15) is 9.59 Å². The fraction of sp³-hybridized carbons (Fsp3) is 0.579. The van der Waals surface area contributed by atoms with Crippen molar-refractivity contribution in [1.29, 1.82) is 0 Å². The van der Waals surface area contributed by atoms with Gasteiger partial charge in [-0.2, -0.15) is 0 Å². The Morgan fingerprint density at radius 2 is 2.00 bits per heavy atom. The lowest BCUT2D eigenvalue weighted by Crippen LogP contribution is -2.37. The summed E-state index contributed by atoms with van der Waals surface area (Å²) in [5.74, 6) is 0.269. The molecule has 0 unspecified atom stereocenters. The Balaban J connectivity index is 1.61. The smallest absolute Gasteiger partial charge is 0.234 e. The molecular weight excluding hydrogens is 338 g/mol. The Morgan fingerprint density at radius 1 is 1.24 bits per heavy atom. The van der Waals surface area contributed by atoms with Gasteiger partial charge in [-0.25, -0.2) is 0 Å². The molecule has 0 saturated carbocycles. The minimum absolute atomic E-state index is 0.0126. The van der Waals surface area contributed by atoms with Crippen molar-refractivity contribution in [2.45, 2.75) is 38.6 Å². The van der Waals surface area contributed by atoms with Crippen LogP contribution in [0.5, 0.6) is 0 Å². The van der Waals surface area contributed by atoms with Crippen molar-refractivity contribution in [2.75, 3.05) is 33.2 Å². The van der Waals surface area contributed by atoms with Crippen LogP contribution in [-0.4, -0.2) is 54.8 Å². The van der Waals surface area contributed by atoms with Crippen molar-refractivity contribution in [3.8, 4) is 0 Å². The Labute approximate surface area is 155 Å². The molecule has 6 heteroatoms. The molecule has 1 aliphatic rings. The van der Waals surface area contributed by atoms with Crippen molar-refractivity contribution in [3.63, 3.8) is 0 Å². The second-order valence-electron chi connectivity index (χ2n) is 6.69. The average Bonchev–Trinajstić information content (AvgIpc) is 2.78. The highest BCUT2D eigenvalue weighted by molar-refractivity contribution is 6.30. The van der Waals surface area contributed by atoms with Gasteiger partial charge in [-0.3, -0.25) is 14.5 Å². The van der Waals surface area contributed by atoms with Gasteiger partial charge in [0.05, 0.1) is 6.54 Å². The molecule has 0 spiro atoms. The van der Waals surface area contributed by atoms with Gasteiger partial charge in [-0.1, -0.05) is 30.2 Å². The monoisotopic (exact) mass is 365 g/mol. The van der Waals surface area contributed by atoms with Crippen LogP contribution in [0.3, 0.4) is 0 Å². The molecule has 2 rings (SSSR count). The number of likely N-dealkylation sites (tertiary alicyclic amines) is 1. The summed E-state index contributed by atoms with van der Waals surface area (Å²) in [7, 11) is 1.92. The van der Waals surface area contributed by atoms with Crippen molar-refractivity contribution in [2.24, 2.45) is 0 Å². The van der Waals surface area contributed by atoms with Gasteiger partial charge in [0.15, 0.2) is 0 Å². The number of amides is 2. The van der Waals surface area contributed by atoms with E-state index in [4.69, 9.17) is 11.6 Å². The Kier molecular flexibility index (Phi) is 8.22. The number of rotatable bonds is 8. The molecule has 0 radical (unpaired) electrons. The third-order valence-electron chi connectivity index (χ3n) is 4.38. The van der Waals surface area contributed by atoms with Gasteiger partial charge in [0, 0.05) is 37.6 Å². The summed E-state index contributed by atoms with van der Waals surface area (Å²) >= 11 is 5.88. The van der Waals surface area contributed by atoms with E-state index in [0.29, 0.717) is 31.1 Å². The number of hydrogen-bond donors (Lipinski definition) is 1. The fourth-order valence-electron chi connectivity index (χ4n) is 3.03. The normalized spacial score (nSPS) is 15.3. The first-order valence-electron chi connectivity index (χ1n) is 9.02. The Morgan fingerprint density at radius 3 is 2.76 bits per heavy atom. The number of carbonyl (C=O) groups is 2. The summed E-state index contributed by atoms with van der Waals surface area (Å²) in [6, 6.07) is 7.65. The van der Waals surface area contributed by atoms with E-state index in [1.165, 1.54) is 0 Å². The first-order valence-corrected chi connectivity index (χ1v) is 9.40. The van der Waals surface area contributed by atoms with Gasteiger partial charge in [0.25, 0.3) is 0 Å². The maximum absolute atomic E-state index is 12.0. The molecule has 0 aliphatic carbocycles. The lowest BCUT2D eigenvalue weighted by Gasteiger charge is -2.21. The molecule has 5 nitrogen and oxygen atoms in total. The molecule has 0 bridgehead atoms. The number of nitrogens with zero attached hydrogens (tertiary/aromatic N) is 2. The van der Waals surface area contributed by atoms with Gasteiger partial charge in [-0.15, -0.1) is 0 Å². The lowest BCUT2D eigenvalue weighted by atomic mass is 10.2. The summed E-state index contributed by atoms with van der Waals surface area (Å²) in [4.78, 5) is 27.8. The first kappa shape index (κ1) is 19.7. The third-order valence-corrected chi connectivity index (χ3v) is 4.63. The van der Waals surface area contributed by atoms with Crippen LogP contribution in [0.25, 0.3) is 0 Å². The maximum Gasteiger partial charge on any atom is 0.234 e. The van der Waals surface area contributed by atoms with Crippen LogP contribution < -0.4 is 5.32 Å². The number of likely N-dealkylation sites (N-methyl/N-ethyl adjacent to an activating group) is 1. The topological polar surface area (TPSA) is 52.7 Å². The van der Waals surface area contributed by atoms with Crippen molar-refractivity contribution in [1.82, 2.24) is 15.1 Å². The summed E-state index contributed by atoms with van der Waals surface area (Å²) in [5.41, 5.74) is 1.12. The quantitative estimate of drug-likeness (QED) is 0.720. The second-order valence-corrected chi connectivity index (χ2v) is 7.13. The molecular formula is C19H28ClN3O2. The molecule has 1 saturated heterocycles. The second kappa shape index (κ2) is 10.4. The largest absolute Gasteiger partial charge is 0.355 e. The SMILES string of the molecule is CN(CC(=O)NCCCN1CCCCCC1=O)Cc1ccc(Cl)cc1. The molecule has 1 heterocycles. The fourth-order valence-corrected chi connectivity index (χ4v) is 3.16. The minimum atomic E-state index is 0.0126. The Hall–Kier alpha value is -1.59. The molecule has 1 fully saturated rings. The summed E-state index contributed by atoms with van der Waals surface area (Å²) in [6.45, 7) is 3.26. The van der Waals surface area contributed by atoms with Gasteiger partial charge in [0.2, 0.25) is 11.8 Å². The lowest BCUT2D eigenvalue weighted by molar-refractivity contribution is -0.130. The molecule has 1 N–H and O–H groups in total. The van der Waals surface area contributed by atoms with Crippen LogP contribution in [-0.2, 0) is 16.1 Å². The zero-order valence-electron chi connectivity index (χ0n) is 15.0. The van der Waals surface area contributed by atoms with Crippen LogP contribution in [0.4, 0.5) is 0 Å². The van der Waals surface area contributed by atoms with E-state index in [2.05, 4.69) is 5.32 Å². The third kappa shape index (κ3) is 7.45. The predicted molar refractivity (Wildman–Crippen MR) is 100 cm³/mol. The van der Waals surface area contributed by atoms with E-state index in [-0.39, 0.29) is 11.8 Å². The molecule has 1 aliphatic heterocycles. The molecule has 1 aromatic carbocycles. The highest BCUT2D eigenvalue weighted by Gasteiger charge is 2.15. The highest BCUT2D eigenvalue weighted by Crippen LogP contribution is 2.12. The van der Waals surface area contributed by atoms with Gasteiger partial charge in [0.1, 0.15) is 0 Å². The number of benzene rings is 1. The van der Waals surface area contributed by atoms with Crippen molar-refractivity contribution >= 4 is 23.4 Å². The van der Waals surface area contributed by atoms with E-state index < -0.39 is 0 Å². The van der Waals surface area contributed by atoms with Crippen molar-refractivity contribution < 1.29 is 9.59 Å². The Bertz CT molecular complexity index is 562. The van der Waals surface area contributed by atoms with Crippen molar-refractivity contribution in [3.05, 3.63) is 34.9 Å². The zero-order chi connectivity index (χ0) is 18.1. The van der Waals surface area contributed by atoms with Crippen LogP contribution in [0.15, 0.2) is 24.3 Å². The number of halogens is 1. The first-order chi connectivity index (χ1) is 12.0. The van der Waals surface area contributed by atoms with Gasteiger partial charge in [-0.05, 0) is 44.0 Å². The van der Waals surface area contributed by atoms with Crippen LogP contribution in [0.1, 0.15) is 37.7 Å². The average molecular weight is 366 g/mol. The summed E-state index contributed by atoms with van der Waals surface area (Å²) < 4.78 is 0. The molecule has 2 amide bonds. The van der Waals surface area contributed by atoms with Gasteiger partial charge < -0.3 is 10.2 Å². The number of nitrogens with one attached hydrogen (secondary N) is 1. The summed E-state index contributed by atoms with van der Waals surface area (Å²) in [6.07, 6.45) is 4.71.